The third-order valence-corrected chi connectivity index (χ3v) is 7.89. The zero-order valence-electron chi connectivity index (χ0n) is 22.2. The first-order chi connectivity index (χ1) is 19.1. The van der Waals surface area contributed by atoms with Crippen LogP contribution in [0.4, 0.5) is 23.4 Å². The van der Waals surface area contributed by atoms with Gasteiger partial charge in [0.2, 0.25) is 5.91 Å². The molecule has 2 aliphatic heterocycles. The number of hydrogen-bond acceptors (Lipinski definition) is 8. The predicted molar refractivity (Wildman–Crippen MR) is 137 cm³/mol. The van der Waals surface area contributed by atoms with Crippen LogP contribution in [0.1, 0.15) is 54.5 Å². The summed E-state index contributed by atoms with van der Waals surface area (Å²) in [6.07, 6.45) is -3.21. The number of ether oxygens (including phenoxy) is 2. The molecule has 3 heterocycles. The topological polar surface area (TPSA) is 91.3 Å². The van der Waals surface area contributed by atoms with Crippen LogP contribution in [0.3, 0.4) is 0 Å². The highest BCUT2D eigenvalue weighted by Crippen LogP contribution is 2.43. The maximum atomic E-state index is 14.6. The van der Waals surface area contributed by atoms with Gasteiger partial charge < -0.3 is 24.4 Å². The molecule has 2 fully saturated rings. The van der Waals surface area contributed by atoms with E-state index in [1.165, 1.54) is 12.4 Å². The number of morpholine rings is 1. The highest BCUT2D eigenvalue weighted by atomic mass is 19.4. The smallest absolute Gasteiger partial charge is 0.403 e. The van der Waals surface area contributed by atoms with Gasteiger partial charge in [-0.05, 0) is 43.0 Å². The van der Waals surface area contributed by atoms with Crippen molar-refractivity contribution in [1.82, 2.24) is 19.8 Å². The van der Waals surface area contributed by atoms with Crippen LogP contribution in [-0.2, 0) is 9.53 Å². The molecule has 2 saturated heterocycles. The van der Waals surface area contributed by atoms with E-state index in [-0.39, 0.29) is 11.8 Å². The summed E-state index contributed by atoms with van der Waals surface area (Å²) in [5.74, 6) is -2.15. The van der Waals surface area contributed by atoms with Crippen molar-refractivity contribution in [2.75, 3.05) is 63.9 Å². The number of carbonyl (C=O) groups excluding carboxylic acids is 1. The number of hydrogen-bond donors (Lipinski definition) is 1. The summed E-state index contributed by atoms with van der Waals surface area (Å²) in [5, 5.41) is 10.3. The number of anilines is 1. The first-order valence-electron chi connectivity index (χ1n) is 13.5. The number of amides is 1. The van der Waals surface area contributed by atoms with Crippen LogP contribution in [0.5, 0.6) is 5.75 Å². The second kappa shape index (κ2) is 11.8. The van der Waals surface area contributed by atoms with Crippen molar-refractivity contribution in [2.24, 2.45) is 0 Å². The molecule has 1 aromatic heterocycles. The lowest BCUT2D eigenvalue weighted by molar-refractivity contribution is -0.275. The molecule has 1 aromatic carbocycles. The fraction of sp³-hybridized carbons (Fsp3) is 0.593. The van der Waals surface area contributed by atoms with Crippen LogP contribution in [0, 0.1) is 5.82 Å². The maximum Gasteiger partial charge on any atom is 0.573 e. The fourth-order valence-electron chi connectivity index (χ4n) is 5.82. The van der Waals surface area contributed by atoms with Gasteiger partial charge in [-0.2, -0.15) is 0 Å². The Labute approximate surface area is 229 Å². The summed E-state index contributed by atoms with van der Waals surface area (Å²) in [4.78, 5) is 28.5. The Hall–Kier alpha value is -3.03. The molecule has 40 heavy (non-hydrogen) atoms. The summed E-state index contributed by atoms with van der Waals surface area (Å²) in [5.41, 5.74) is 1.90. The van der Waals surface area contributed by atoms with Crippen molar-refractivity contribution in [1.29, 1.82) is 0 Å². The van der Waals surface area contributed by atoms with Crippen molar-refractivity contribution in [2.45, 2.75) is 44.1 Å². The van der Waals surface area contributed by atoms with Crippen molar-refractivity contribution in [3.05, 3.63) is 47.2 Å². The van der Waals surface area contributed by atoms with Crippen LogP contribution in [0.25, 0.3) is 0 Å². The van der Waals surface area contributed by atoms with E-state index in [1.54, 1.807) is 4.90 Å². The quantitative estimate of drug-likeness (QED) is 0.511. The molecule has 2 aromatic rings. The SMILES string of the molecule is C[C@@H]1C[C@@H](O)c2ncnc(N3CCN(C(=O)[C@H](CCN4CCOCC4)c4ccc(OC(F)(F)F)c(F)c4)CC3)c21. The molecule has 3 aliphatic rings. The van der Waals surface area contributed by atoms with Gasteiger partial charge in [-0.3, -0.25) is 9.69 Å². The van der Waals surface area contributed by atoms with Gasteiger partial charge in [-0.1, -0.05) is 13.0 Å². The van der Waals surface area contributed by atoms with E-state index in [0.29, 0.717) is 83.1 Å². The van der Waals surface area contributed by atoms with E-state index >= 15 is 0 Å². The van der Waals surface area contributed by atoms with Gasteiger partial charge in [0, 0.05) is 44.8 Å². The summed E-state index contributed by atoms with van der Waals surface area (Å²) in [6, 6.07) is 3.23. The highest BCUT2D eigenvalue weighted by molar-refractivity contribution is 5.84. The van der Waals surface area contributed by atoms with Crippen LogP contribution in [-0.4, -0.2) is 96.2 Å². The summed E-state index contributed by atoms with van der Waals surface area (Å²) in [6.45, 7) is 7.02. The number of piperazine rings is 1. The molecule has 1 amide bonds. The molecule has 218 valence electrons. The second-order valence-electron chi connectivity index (χ2n) is 10.5. The summed E-state index contributed by atoms with van der Waals surface area (Å²) >= 11 is 0. The van der Waals surface area contributed by atoms with E-state index in [0.717, 1.165) is 23.5 Å². The van der Waals surface area contributed by atoms with Gasteiger partial charge in [0.25, 0.3) is 0 Å². The lowest BCUT2D eigenvalue weighted by Gasteiger charge is -2.38. The van der Waals surface area contributed by atoms with Crippen molar-refractivity contribution in [3.8, 4) is 5.75 Å². The number of carbonyl (C=O) groups is 1. The fourth-order valence-corrected chi connectivity index (χ4v) is 5.82. The number of aliphatic hydroxyl groups is 1. The Morgan fingerprint density at radius 1 is 1.15 bits per heavy atom. The molecule has 1 N–H and O–H groups in total. The average molecular weight is 568 g/mol. The maximum absolute atomic E-state index is 14.6. The Kier molecular flexibility index (Phi) is 8.43. The number of rotatable bonds is 7. The molecule has 0 bridgehead atoms. The van der Waals surface area contributed by atoms with Gasteiger partial charge in [0.05, 0.1) is 30.9 Å². The molecule has 13 heteroatoms. The van der Waals surface area contributed by atoms with E-state index in [2.05, 4.69) is 24.5 Å². The van der Waals surface area contributed by atoms with Crippen molar-refractivity contribution < 1.29 is 36.9 Å². The molecule has 0 unspecified atom stereocenters. The van der Waals surface area contributed by atoms with Crippen molar-refractivity contribution >= 4 is 11.7 Å². The van der Waals surface area contributed by atoms with Crippen LogP contribution in [0.2, 0.25) is 0 Å². The molecule has 0 radical (unpaired) electrons. The number of alkyl halides is 3. The zero-order chi connectivity index (χ0) is 28.4. The van der Waals surface area contributed by atoms with Gasteiger partial charge in [-0.25, -0.2) is 14.4 Å². The highest BCUT2D eigenvalue weighted by Gasteiger charge is 2.36. The van der Waals surface area contributed by atoms with Crippen molar-refractivity contribution in [3.63, 3.8) is 0 Å². The number of fused-ring (bicyclic) bond motifs is 1. The Balaban J connectivity index is 1.31. The Morgan fingerprint density at radius 3 is 2.55 bits per heavy atom. The van der Waals surface area contributed by atoms with Gasteiger partial charge in [-0.15, -0.1) is 13.2 Å². The predicted octanol–water partition coefficient (Wildman–Crippen LogP) is 3.21. The largest absolute Gasteiger partial charge is 0.573 e. The zero-order valence-corrected chi connectivity index (χ0v) is 22.2. The van der Waals surface area contributed by atoms with E-state index in [9.17, 15) is 27.5 Å². The Morgan fingerprint density at radius 2 is 1.88 bits per heavy atom. The molecule has 3 atom stereocenters. The molecule has 9 nitrogen and oxygen atoms in total. The van der Waals surface area contributed by atoms with E-state index in [4.69, 9.17) is 4.74 Å². The van der Waals surface area contributed by atoms with Crippen LogP contribution < -0.4 is 9.64 Å². The molecule has 0 spiro atoms. The number of nitrogens with zero attached hydrogens (tertiary/aromatic N) is 5. The van der Waals surface area contributed by atoms with Gasteiger partial charge in [0.15, 0.2) is 11.6 Å². The molecule has 1 aliphatic carbocycles. The van der Waals surface area contributed by atoms with Crippen LogP contribution >= 0.6 is 0 Å². The van der Waals surface area contributed by atoms with Gasteiger partial charge in [0.1, 0.15) is 12.1 Å². The first-order valence-corrected chi connectivity index (χ1v) is 13.5. The molecule has 5 rings (SSSR count). The normalized spacial score (nSPS) is 22.8. The van der Waals surface area contributed by atoms with E-state index < -0.39 is 30.0 Å². The third kappa shape index (κ3) is 6.31. The molecular formula is C27H33F4N5O4. The second-order valence-corrected chi connectivity index (χ2v) is 10.5. The number of aliphatic hydroxyl groups excluding tert-OH is 1. The minimum atomic E-state index is -5.02. The van der Waals surface area contributed by atoms with Crippen LogP contribution in [0.15, 0.2) is 24.5 Å². The third-order valence-electron chi connectivity index (χ3n) is 7.89. The monoisotopic (exact) mass is 567 g/mol. The lowest BCUT2D eigenvalue weighted by atomic mass is 9.93. The Bertz CT molecular complexity index is 1200. The molecular weight excluding hydrogens is 534 g/mol. The minimum absolute atomic E-state index is 0.115. The lowest BCUT2D eigenvalue weighted by Crippen LogP contribution is -2.51. The minimum Gasteiger partial charge on any atom is -0.403 e. The number of halogens is 4. The first kappa shape index (κ1) is 28.5. The summed E-state index contributed by atoms with van der Waals surface area (Å²) < 4.78 is 61.8. The number of benzene rings is 1. The number of aromatic nitrogens is 2. The molecule has 0 saturated carbocycles. The average Bonchev–Trinajstić information content (AvgIpc) is 3.23. The standard InChI is InChI=1S/C27H33F4N5O4/c1-17-14-21(37)24-23(17)25(33-16-32-24)35-6-8-36(9-7-35)26(38)19(4-5-34-10-12-39-13-11-34)18-2-3-22(20(28)15-18)40-27(29,30)31/h2-3,15-17,19,21,37H,4-14H2,1H3/t17-,19-,21-/m1/s1. The van der Waals surface area contributed by atoms with E-state index in [1.807, 2.05) is 6.92 Å². The summed E-state index contributed by atoms with van der Waals surface area (Å²) in [7, 11) is 0. The van der Waals surface area contributed by atoms with Gasteiger partial charge >= 0.3 is 6.36 Å².